The summed E-state index contributed by atoms with van der Waals surface area (Å²) in [4.78, 5) is 2.08. The third-order valence-corrected chi connectivity index (χ3v) is 2.75. The van der Waals surface area contributed by atoms with Gasteiger partial charge in [0, 0.05) is 20.6 Å². The predicted molar refractivity (Wildman–Crippen MR) is 73.3 cm³/mol. The minimum Gasteiger partial charge on any atom is -0.383 e. The van der Waals surface area contributed by atoms with E-state index in [0.29, 0.717) is 0 Å². The van der Waals surface area contributed by atoms with Crippen molar-refractivity contribution in [3.63, 3.8) is 0 Å². The molecule has 0 aliphatic heterocycles. The van der Waals surface area contributed by atoms with Gasteiger partial charge in [-0.25, -0.2) is 0 Å². The number of nitrogens with one attached hydrogen (secondary N) is 1. The average molecular weight is 231 g/mol. The van der Waals surface area contributed by atoms with E-state index in [1.54, 1.807) is 0 Å². The second-order valence-corrected chi connectivity index (χ2v) is 5.08. The number of nitrogens with zero attached hydrogens (tertiary/aromatic N) is 2. The molecule has 1 aromatic rings. The molecule has 0 aliphatic carbocycles. The lowest BCUT2D eigenvalue weighted by Crippen LogP contribution is -2.16. The summed E-state index contributed by atoms with van der Waals surface area (Å²) in [6, 6.07) is 10.5. The Bertz CT molecular complexity index is 402. The van der Waals surface area contributed by atoms with Gasteiger partial charge >= 0.3 is 0 Å². The van der Waals surface area contributed by atoms with Crippen molar-refractivity contribution in [1.82, 2.24) is 0 Å². The van der Waals surface area contributed by atoms with Crippen LogP contribution in [0.3, 0.4) is 0 Å². The number of hydrogen-bond donors (Lipinski definition) is 1. The second kappa shape index (κ2) is 5.58. The van der Waals surface area contributed by atoms with Crippen LogP contribution in [-0.2, 0) is 0 Å². The Morgan fingerprint density at radius 2 is 1.94 bits per heavy atom. The highest BCUT2D eigenvalue weighted by molar-refractivity contribution is 5.69. The molecule has 17 heavy (non-hydrogen) atoms. The second-order valence-electron chi connectivity index (χ2n) is 5.08. The number of rotatable bonds is 5. The molecular formula is C14H21N3. The van der Waals surface area contributed by atoms with Crippen LogP contribution in [0, 0.1) is 16.7 Å². The Labute approximate surface area is 104 Å². The molecule has 0 saturated heterocycles. The molecule has 0 aliphatic rings. The molecule has 0 spiro atoms. The van der Waals surface area contributed by atoms with Crippen LogP contribution in [0.1, 0.15) is 20.3 Å². The van der Waals surface area contributed by atoms with Crippen LogP contribution in [-0.4, -0.2) is 20.6 Å². The molecule has 0 atom stereocenters. The molecule has 92 valence electrons. The monoisotopic (exact) mass is 231 g/mol. The maximum absolute atomic E-state index is 8.95. The van der Waals surface area contributed by atoms with E-state index >= 15 is 0 Å². The predicted octanol–water partition coefficient (Wildman–Crippen LogP) is 3.10. The smallest absolute Gasteiger partial charge is 0.0684 e. The molecule has 0 unspecified atom stereocenters. The van der Waals surface area contributed by atoms with Crippen molar-refractivity contribution in [3.05, 3.63) is 24.3 Å². The maximum Gasteiger partial charge on any atom is 0.0684 e. The molecule has 1 N–H and O–H groups in total. The number of hydrogen-bond acceptors (Lipinski definition) is 3. The van der Waals surface area contributed by atoms with Crippen molar-refractivity contribution >= 4 is 11.4 Å². The first-order valence-electron chi connectivity index (χ1n) is 5.88. The third kappa shape index (κ3) is 3.99. The van der Waals surface area contributed by atoms with Gasteiger partial charge in [-0.2, -0.15) is 5.26 Å². The maximum atomic E-state index is 8.95. The van der Waals surface area contributed by atoms with Crippen molar-refractivity contribution in [2.45, 2.75) is 20.3 Å². The van der Waals surface area contributed by atoms with Gasteiger partial charge in [0.1, 0.15) is 0 Å². The highest BCUT2D eigenvalue weighted by atomic mass is 15.1. The summed E-state index contributed by atoms with van der Waals surface area (Å²) in [6.07, 6.45) is 0.839. The summed E-state index contributed by atoms with van der Waals surface area (Å²) < 4.78 is 0. The first kappa shape index (κ1) is 13.4. The number of benzene rings is 1. The standard InChI is InChI=1S/C14H21N3/c1-14(2,11-15)9-10-16-12-7-5-6-8-13(12)17(3)4/h5-8,16H,9-10H2,1-4H3. The van der Waals surface area contributed by atoms with E-state index in [-0.39, 0.29) is 5.41 Å². The van der Waals surface area contributed by atoms with E-state index in [0.717, 1.165) is 18.7 Å². The fourth-order valence-electron chi connectivity index (χ4n) is 1.58. The molecule has 1 aromatic carbocycles. The zero-order valence-electron chi connectivity index (χ0n) is 11.1. The van der Waals surface area contributed by atoms with Gasteiger partial charge in [-0.1, -0.05) is 12.1 Å². The van der Waals surface area contributed by atoms with Gasteiger partial charge in [0.25, 0.3) is 0 Å². The van der Waals surface area contributed by atoms with Crippen LogP contribution in [0.5, 0.6) is 0 Å². The molecule has 0 fully saturated rings. The summed E-state index contributed by atoms with van der Waals surface area (Å²) in [5, 5.41) is 12.3. The Morgan fingerprint density at radius 3 is 2.53 bits per heavy atom. The minimum absolute atomic E-state index is 0.264. The zero-order chi connectivity index (χ0) is 12.9. The quantitative estimate of drug-likeness (QED) is 0.846. The van der Waals surface area contributed by atoms with Crippen molar-refractivity contribution < 1.29 is 0 Å². The van der Waals surface area contributed by atoms with Crippen LogP contribution in [0.2, 0.25) is 0 Å². The van der Waals surface area contributed by atoms with Gasteiger partial charge in [0.15, 0.2) is 0 Å². The topological polar surface area (TPSA) is 39.1 Å². The number of anilines is 2. The van der Waals surface area contributed by atoms with Crippen molar-refractivity contribution in [3.8, 4) is 6.07 Å². The van der Waals surface area contributed by atoms with E-state index in [9.17, 15) is 0 Å². The van der Waals surface area contributed by atoms with Gasteiger partial charge in [0.05, 0.1) is 22.9 Å². The molecule has 3 heteroatoms. The third-order valence-electron chi connectivity index (χ3n) is 2.75. The van der Waals surface area contributed by atoms with Crippen molar-refractivity contribution in [2.24, 2.45) is 5.41 Å². The Balaban J connectivity index is 2.62. The fraction of sp³-hybridized carbons (Fsp3) is 0.500. The Kier molecular flexibility index (Phi) is 4.39. The molecule has 0 bridgehead atoms. The number of nitriles is 1. The first-order valence-corrected chi connectivity index (χ1v) is 5.88. The van der Waals surface area contributed by atoms with Crippen LogP contribution >= 0.6 is 0 Å². The lowest BCUT2D eigenvalue weighted by atomic mass is 9.91. The largest absolute Gasteiger partial charge is 0.383 e. The van der Waals surface area contributed by atoms with Crippen molar-refractivity contribution in [1.29, 1.82) is 5.26 Å². The molecule has 0 radical (unpaired) electrons. The molecule has 0 amide bonds. The van der Waals surface area contributed by atoms with Crippen LogP contribution in [0.25, 0.3) is 0 Å². The molecule has 3 nitrogen and oxygen atoms in total. The lowest BCUT2D eigenvalue weighted by molar-refractivity contribution is 0.466. The molecule has 0 heterocycles. The summed E-state index contributed by atoms with van der Waals surface area (Å²) >= 11 is 0. The Morgan fingerprint density at radius 1 is 1.29 bits per heavy atom. The minimum atomic E-state index is -0.264. The number of para-hydroxylation sites is 2. The summed E-state index contributed by atoms with van der Waals surface area (Å²) in [6.45, 7) is 4.74. The van der Waals surface area contributed by atoms with E-state index in [1.165, 1.54) is 5.69 Å². The van der Waals surface area contributed by atoms with E-state index in [2.05, 4.69) is 28.4 Å². The van der Waals surface area contributed by atoms with Gasteiger partial charge in [-0.05, 0) is 32.4 Å². The van der Waals surface area contributed by atoms with Crippen LogP contribution in [0.15, 0.2) is 24.3 Å². The fourth-order valence-corrected chi connectivity index (χ4v) is 1.58. The van der Waals surface area contributed by atoms with Gasteiger partial charge in [-0.3, -0.25) is 0 Å². The highest BCUT2D eigenvalue weighted by Crippen LogP contribution is 2.24. The van der Waals surface area contributed by atoms with E-state index < -0.39 is 0 Å². The normalized spacial score (nSPS) is 10.8. The van der Waals surface area contributed by atoms with E-state index in [4.69, 9.17) is 5.26 Å². The van der Waals surface area contributed by atoms with Crippen molar-refractivity contribution in [2.75, 3.05) is 30.9 Å². The summed E-state index contributed by atoms with van der Waals surface area (Å²) in [5.74, 6) is 0. The van der Waals surface area contributed by atoms with Crippen LogP contribution in [0.4, 0.5) is 11.4 Å². The molecule has 0 saturated carbocycles. The summed E-state index contributed by atoms with van der Waals surface area (Å²) in [7, 11) is 4.06. The zero-order valence-corrected chi connectivity index (χ0v) is 11.1. The van der Waals surface area contributed by atoms with E-state index in [1.807, 2.05) is 40.1 Å². The van der Waals surface area contributed by atoms with Crippen LogP contribution < -0.4 is 10.2 Å². The van der Waals surface area contributed by atoms with Gasteiger partial charge in [-0.15, -0.1) is 0 Å². The summed E-state index contributed by atoms with van der Waals surface area (Å²) in [5.41, 5.74) is 2.02. The Hall–Kier alpha value is -1.69. The van der Waals surface area contributed by atoms with Gasteiger partial charge in [0.2, 0.25) is 0 Å². The molecule has 0 aromatic heterocycles. The van der Waals surface area contributed by atoms with Gasteiger partial charge < -0.3 is 10.2 Å². The molecular weight excluding hydrogens is 210 g/mol. The lowest BCUT2D eigenvalue weighted by Gasteiger charge is -2.20. The first-order chi connectivity index (χ1) is 7.96. The SMILES string of the molecule is CN(C)c1ccccc1NCCC(C)(C)C#N. The molecule has 1 rings (SSSR count). The highest BCUT2D eigenvalue weighted by Gasteiger charge is 2.15. The average Bonchev–Trinajstić information content (AvgIpc) is 2.29.